The van der Waals surface area contributed by atoms with Crippen LogP contribution in [-0.4, -0.2) is 11.6 Å². The summed E-state index contributed by atoms with van der Waals surface area (Å²) in [5.74, 6) is 0.139. The van der Waals surface area contributed by atoms with Crippen LogP contribution in [-0.2, 0) is 0 Å². The number of hydrogen-bond donors (Lipinski definition) is 0. The van der Waals surface area contributed by atoms with Gasteiger partial charge in [0.15, 0.2) is 11.6 Å². The molecule has 0 radical (unpaired) electrons. The van der Waals surface area contributed by atoms with Crippen molar-refractivity contribution in [1.29, 1.82) is 10.5 Å². The van der Waals surface area contributed by atoms with E-state index >= 15 is 0 Å². The molecule has 0 spiro atoms. The number of nitriles is 2. The Hall–Kier alpha value is -4.54. The summed E-state index contributed by atoms with van der Waals surface area (Å²) >= 11 is 0. The van der Waals surface area contributed by atoms with Crippen LogP contribution in [0, 0.1) is 22.7 Å². The lowest BCUT2D eigenvalue weighted by atomic mass is 9.99. The Morgan fingerprint density at radius 2 is 0.882 bits per heavy atom. The first kappa shape index (κ1) is 24.1. The van der Waals surface area contributed by atoms with E-state index in [0.717, 1.165) is 22.3 Å². The summed E-state index contributed by atoms with van der Waals surface area (Å²) < 4.78 is 0. The Balaban J connectivity index is 1.81. The molecule has 0 saturated carbocycles. The van der Waals surface area contributed by atoms with Crippen LogP contribution in [0.2, 0.25) is 0 Å². The highest BCUT2D eigenvalue weighted by molar-refractivity contribution is 5.98. The molecule has 0 bridgehead atoms. The van der Waals surface area contributed by atoms with Crippen LogP contribution >= 0.6 is 0 Å². The Morgan fingerprint density at radius 3 is 1.15 bits per heavy atom. The van der Waals surface area contributed by atoms with Gasteiger partial charge >= 0.3 is 0 Å². The molecule has 0 aliphatic carbocycles. The molecule has 0 fully saturated rings. The average Bonchev–Trinajstić information content (AvgIpc) is 2.90. The Bertz CT molecular complexity index is 1220. The summed E-state index contributed by atoms with van der Waals surface area (Å²) in [7, 11) is 0. The van der Waals surface area contributed by atoms with Gasteiger partial charge in [-0.15, -0.1) is 0 Å². The summed E-state index contributed by atoms with van der Waals surface area (Å²) in [6, 6.07) is 26.1. The maximum absolute atomic E-state index is 11.8. The molecule has 34 heavy (non-hydrogen) atoms. The van der Waals surface area contributed by atoms with Gasteiger partial charge in [-0.3, -0.25) is 9.59 Å². The zero-order valence-corrected chi connectivity index (χ0v) is 19.2. The molecule has 0 atom stereocenters. The lowest BCUT2D eigenvalue weighted by molar-refractivity contribution is 0.0980. The molecule has 0 N–H and O–H groups in total. The predicted octanol–water partition coefficient (Wildman–Crippen LogP) is 7.00. The van der Waals surface area contributed by atoms with Gasteiger partial charge in [-0.1, -0.05) is 86.6 Å². The van der Waals surface area contributed by atoms with Gasteiger partial charge in [-0.05, 0) is 34.4 Å². The van der Waals surface area contributed by atoms with Gasteiger partial charge in [-0.2, -0.15) is 10.5 Å². The number of benzene rings is 3. The number of nitrogens with zero attached hydrogens (tertiary/aromatic N) is 2. The predicted molar refractivity (Wildman–Crippen MR) is 136 cm³/mol. The molecule has 4 nitrogen and oxygen atoms in total. The van der Waals surface area contributed by atoms with Crippen molar-refractivity contribution in [1.82, 2.24) is 0 Å². The van der Waals surface area contributed by atoms with E-state index in [2.05, 4.69) is 12.1 Å². The van der Waals surface area contributed by atoms with E-state index in [0.29, 0.717) is 35.1 Å². The highest BCUT2D eigenvalue weighted by Gasteiger charge is 2.07. The van der Waals surface area contributed by atoms with Gasteiger partial charge in [0.1, 0.15) is 0 Å². The largest absolute Gasteiger partial charge is 0.294 e. The summed E-state index contributed by atoms with van der Waals surface area (Å²) in [6.07, 6.45) is 4.47. The highest BCUT2D eigenvalue weighted by Crippen LogP contribution is 2.22. The van der Waals surface area contributed by atoms with E-state index in [9.17, 15) is 20.1 Å². The van der Waals surface area contributed by atoms with Crippen molar-refractivity contribution in [3.8, 4) is 12.1 Å². The van der Waals surface area contributed by atoms with Crippen molar-refractivity contribution < 1.29 is 9.59 Å². The molecule has 3 rings (SSSR count). The van der Waals surface area contributed by atoms with Gasteiger partial charge in [0, 0.05) is 24.0 Å². The Kier molecular flexibility index (Phi) is 8.06. The fourth-order valence-corrected chi connectivity index (χ4v) is 3.46. The van der Waals surface area contributed by atoms with Crippen LogP contribution in [0.15, 0.2) is 72.8 Å². The van der Waals surface area contributed by atoms with Crippen LogP contribution < -0.4 is 0 Å². The van der Waals surface area contributed by atoms with E-state index in [1.54, 1.807) is 60.7 Å². The topological polar surface area (TPSA) is 81.7 Å². The molecule has 0 aliphatic rings. The lowest BCUT2D eigenvalue weighted by Crippen LogP contribution is -1.96. The van der Waals surface area contributed by atoms with E-state index < -0.39 is 0 Å². The third-order valence-corrected chi connectivity index (χ3v) is 5.48. The molecular formula is C30H24N2O2. The molecule has 0 heterocycles. The monoisotopic (exact) mass is 444 g/mol. The molecule has 3 aromatic carbocycles. The summed E-state index contributed by atoms with van der Waals surface area (Å²) in [6.45, 7) is 3.64. The van der Waals surface area contributed by atoms with Crippen LogP contribution in [0.25, 0.3) is 23.3 Å². The molecular weight excluding hydrogens is 420 g/mol. The number of ketones is 2. The lowest BCUT2D eigenvalue weighted by Gasteiger charge is -2.04. The van der Waals surface area contributed by atoms with Crippen molar-refractivity contribution in [2.45, 2.75) is 26.7 Å². The number of carbonyl (C=O) groups is 2. The van der Waals surface area contributed by atoms with Gasteiger partial charge in [-0.25, -0.2) is 0 Å². The maximum Gasteiger partial charge on any atom is 0.162 e. The average molecular weight is 445 g/mol. The second kappa shape index (κ2) is 11.4. The SMILES string of the molecule is CCC(=O)c1ccc(/C(C#N)=C/c2ccc(/C=C(\C#N)c3ccc(C(=O)CC)cc3)cc2)cc1. The van der Waals surface area contributed by atoms with E-state index in [4.69, 9.17) is 0 Å². The summed E-state index contributed by atoms with van der Waals surface area (Å²) in [5, 5.41) is 19.2. The third-order valence-electron chi connectivity index (χ3n) is 5.48. The zero-order valence-electron chi connectivity index (χ0n) is 19.2. The second-order valence-electron chi connectivity index (χ2n) is 7.71. The first-order chi connectivity index (χ1) is 16.5. The van der Waals surface area contributed by atoms with Gasteiger partial charge < -0.3 is 0 Å². The fraction of sp³-hybridized carbons (Fsp3) is 0.133. The molecule has 0 aromatic heterocycles. The van der Waals surface area contributed by atoms with Crippen molar-refractivity contribution >= 4 is 34.9 Å². The smallest absolute Gasteiger partial charge is 0.162 e. The fourth-order valence-electron chi connectivity index (χ4n) is 3.46. The minimum atomic E-state index is 0.0693. The number of rotatable bonds is 8. The highest BCUT2D eigenvalue weighted by atomic mass is 16.1. The normalized spacial score (nSPS) is 11.4. The molecule has 0 amide bonds. The zero-order chi connectivity index (χ0) is 24.5. The van der Waals surface area contributed by atoms with Crippen molar-refractivity contribution in [3.63, 3.8) is 0 Å². The molecule has 166 valence electrons. The maximum atomic E-state index is 11.8. The molecule has 0 unspecified atom stereocenters. The van der Waals surface area contributed by atoms with Crippen LogP contribution in [0.1, 0.15) is 69.7 Å². The summed E-state index contributed by atoms with van der Waals surface area (Å²) in [5.41, 5.74) is 5.47. The molecule has 4 heteroatoms. The van der Waals surface area contributed by atoms with Gasteiger partial charge in [0.2, 0.25) is 0 Å². The number of carbonyl (C=O) groups excluding carboxylic acids is 2. The van der Waals surface area contributed by atoms with E-state index in [-0.39, 0.29) is 11.6 Å². The molecule has 3 aromatic rings. The molecule has 0 saturated heterocycles. The Morgan fingerprint density at radius 1 is 0.588 bits per heavy atom. The number of allylic oxidation sites excluding steroid dienone is 2. The minimum Gasteiger partial charge on any atom is -0.294 e. The van der Waals surface area contributed by atoms with Crippen LogP contribution in [0.3, 0.4) is 0 Å². The Labute approximate surface area is 200 Å². The van der Waals surface area contributed by atoms with E-state index in [1.807, 2.05) is 38.1 Å². The van der Waals surface area contributed by atoms with Crippen molar-refractivity contribution in [2.75, 3.05) is 0 Å². The van der Waals surface area contributed by atoms with Gasteiger partial charge in [0.25, 0.3) is 0 Å². The van der Waals surface area contributed by atoms with Crippen molar-refractivity contribution in [3.05, 3.63) is 106 Å². The second-order valence-corrected chi connectivity index (χ2v) is 7.71. The quantitative estimate of drug-likeness (QED) is 0.213. The first-order valence-electron chi connectivity index (χ1n) is 11.1. The van der Waals surface area contributed by atoms with Gasteiger partial charge in [0.05, 0.1) is 23.3 Å². The number of hydrogen-bond acceptors (Lipinski definition) is 4. The van der Waals surface area contributed by atoms with Crippen LogP contribution in [0.4, 0.5) is 0 Å². The summed E-state index contributed by atoms with van der Waals surface area (Å²) in [4.78, 5) is 23.6. The standard InChI is InChI=1S/C30H24N2O2/c1-3-29(33)25-13-9-23(10-14-25)27(19-31)17-21-5-7-22(8-6-21)18-28(20-32)24-11-15-26(16-12-24)30(34)4-2/h5-18H,3-4H2,1-2H3/b27-17+,28-18+. The molecule has 0 aliphatic heterocycles. The van der Waals surface area contributed by atoms with Crippen molar-refractivity contribution in [2.24, 2.45) is 0 Å². The number of Topliss-reactive ketones (excluding diaryl/α,β-unsaturated/α-hetero) is 2. The van der Waals surface area contributed by atoms with E-state index in [1.165, 1.54) is 0 Å². The first-order valence-corrected chi connectivity index (χ1v) is 11.1. The third kappa shape index (κ3) is 5.82. The van der Waals surface area contributed by atoms with Crippen LogP contribution in [0.5, 0.6) is 0 Å². The minimum absolute atomic E-state index is 0.0693.